The Morgan fingerprint density at radius 1 is 1.04 bits per heavy atom. The van der Waals surface area contributed by atoms with Crippen molar-refractivity contribution in [3.63, 3.8) is 0 Å². The van der Waals surface area contributed by atoms with Crippen LogP contribution in [0.15, 0.2) is 47.4 Å². The second-order valence-electron chi connectivity index (χ2n) is 6.75. The molecule has 144 valence electrons. The van der Waals surface area contributed by atoms with Crippen LogP contribution < -0.4 is 5.32 Å². The van der Waals surface area contributed by atoms with E-state index < -0.39 is 14.9 Å². The van der Waals surface area contributed by atoms with Crippen LogP contribution in [0.2, 0.25) is 0 Å². The molecule has 2 aromatic carbocycles. The summed E-state index contributed by atoms with van der Waals surface area (Å²) >= 11 is 0. The number of sulfonamides is 1. The van der Waals surface area contributed by atoms with Gasteiger partial charge in [0.1, 0.15) is 5.69 Å². The van der Waals surface area contributed by atoms with Crippen molar-refractivity contribution < 1.29 is 13.3 Å². The van der Waals surface area contributed by atoms with Gasteiger partial charge < -0.3 is 5.32 Å². The molecule has 1 aliphatic heterocycles. The lowest BCUT2D eigenvalue weighted by molar-refractivity contribution is -0.384. The van der Waals surface area contributed by atoms with Crippen molar-refractivity contribution in [3.8, 4) is 0 Å². The molecule has 0 aromatic heterocycles. The fourth-order valence-corrected chi connectivity index (χ4v) is 4.78. The first-order valence-electron chi connectivity index (χ1n) is 9.00. The SMILES string of the molecule is Cc1cccc(Nc2ccc(S(=O)(=O)N3CCCCCC3)cc2[N+](=O)[O-])c1. The Morgan fingerprint density at radius 2 is 1.74 bits per heavy atom. The smallest absolute Gasteiger partial charge is 0.294 e. The van der Waals surface area contributed by atoms with Crippen molar-refractivity contribution in [3.05, 3.63) is 58.1 Å². The minimum absolute atomic E-state index is 0.0362. The maximum atomic E-state index is 12.9. The molecule has 8 heteroatoms. The molecule has 0 bridgehead atoms. The summed E-state index contributed by atoms with van der Waals surface area (Å²) in [6, 6.07) is 11.5. The molecule has 1 fully saturated rings. The Kier molecular flexibility index (Phi) is 5.76. The van der Waals surface area contributed by atoms with Gasteiger partial charge in [0.2, 0.25) is 10.0 Å². The number of nitrogens with one attached hydrogen (secondary N) is 1. The first-order valence-corrected chi connectivity index (χ1v) is 10.4. The summed E-state index contributed by atoms with van der Waals surface area (Å²) in [7, 11) is -3.74. The van der Waals surface area contributed by atoms with E-state index in [0.29, 0.717) is 18.8 Å². The fourth-order valence-electron chi connectivity index (χ4n) is 3.24. The van der Waals surface area contributed by atoms with E-state index in [0.717, 1.165) is 37.3 Å². The third-order valence-corrected chi connectivity index (χ3v) is 6.56. The van der Waals surface area contributed by atoms with Crippen LogP contribution in [0.4, 0.5) is 17.1 Å². The standard InChI is InChI=1S/C19H23N3O4S/c1-15-7-6-8-16(13-15)20-18-10-9-17(14-19(18)22(23)24)27(25,26)21-11-4-2-3-5-12-21/h6-10,13-14,20H,2-5,11-12H2,1H3. The molecule has 1 saturated heterocycles. The van der Waals surface area contributed by atoms with Gasteiger partial charge >= 0.3 is 0 Å². The molecule has 1 N–H and O–H groups in total. The van der Waals surface area contributed by atoms with Crippen LogP contribution in [0.3, 0.4) is 0 Å². The lowest BCUT2D eigenvalue weighted by Gasteiger charge is -2.20. The molecule has 0 spiro atoms. The maximum absolute atomic E-state index is 12.9. The van der Waals surface area contributed by atoms with Crippen molar-refractivity contribution >= 4 is 27.1 Å². The molecule has 3 rings (SSSR count). The number of benzene rings is 2. The Morgan fingerprint density at radius 3 is 2.37 bits per heavy atom. The van der Waals surface area contributed by atoms with Gasteiger partial charge in [0.05, 0.1) is 9.82 Å². The van der Waals surface area contributed by atoms with Gasteiger partial charge in [-0.2, -0.15) is 4.31 Å². The van der Waals surface area contributed by atoms with Crippen LogP contribution in [0.5, 0.6) is 0 Å². The zero-order valence-electron chi connectivity index (χ0n) is 15.2. The van der Waals surface area contributed by atoms with Crippen molar-refractivity contribution in [2.75, 3.05) is 18.4 Å². The van der Waals surface area contributed by atoms with Gasteiger partial charge in [-0.15, -0.1) is 0 Å². The largest absolute Gasteiger partial charge is 0.350 e. The zero-order valence-corrected chi connectivity index (χ0v) is 16.0. The summed E-state index contributed by atoms with van der Waals surface area (Å²) in [5.74, 6) is 0. The van der Waals surface area contributed by atoms with Crippen LogP contribution in [-0.2, 0) is 10.0 Å². The highest BCUT2D eigenvalue weighted by Crippen LogP contribution is 2.32. The van der Waals surface area contributed by atoms with Gasteiger partial charge in [-0.3, -0.25) is 10.1 Å². The predicted octanol–water partition coefficient (Wildman–Crippen LogP) is 4.21. The zero-order chi connectivity index (χ0) is 19.4. The van der Waals surface area contributed by atoms with E-state index in [9.17, 15) is 18.5 Å². The number of hydrogen-bond acceptors (Lipinski definition) is 5. The second kappa shape index (κ2) is 8.06. The number of nitro groups is 1. The molecule has 0 atom stereocenters. The van der Waals surface area contributed by atoms with E-state index in [1.54, 1.807) is 6.07 Å². The van der Waals surface area contributed by atoms with Gasteiger partial charge in [0.25, 0.3) is 5.69 Å². The van der Waals surface area contributed by atoms with Crippen LogP contribution in [0.1, 0.15) is 31.2 Å². The highest BCUT2D eigenvalue weighted by Gasteiger charge is 2.28. The molecule has 1 aliphatic rings. The molecule has 0 radical (unpaired) electrons. The average molecular weight is 389 g/mol. The van der Waals surface area contributed by atoms with Crippen molar-refractivity contribution in [1.29, 1.82) is 0 Å². The van der Waals surface area contributed by atoms with E-state index in [4.69, 9.17) is 0 Å². The number of aryl methyl sites for hydroxylation is 1. The van der Waals surface area contributed by atoms with Gasteiger partial charge in [0, 0.05) is 24.8 Å². The van der Waals surface area contributed by atoms with Crippen LogP contribution in [0, 0.1) is 17.0 Å². The lowest BCUT2D eigenvalue weighted by atomic mass is 10.2. The van der Waals surface area contributed by atoms with Crippen LogP contribution >= 0.6 is 0 Å². The number of nitro benzene ring substituents is 1. The summed E-state index contributed by atoms with van der Waals surface area (Å²) in [6.45, 7) is 2.84. The third-order valence-electron chi connectivity index (χ3n) is 4.67. The van der Waals surface area contributed by atoms with Gasteiger partial charge in [0.15, 0.2) is 0 Å². The average Bonchev–Trinajstić information content (AvgIpc) is 2.91. The van der Waals surface area contributed by atoms with E-state index in [1.165, 1.54) is 16.4 Å². The molecule has 0 aliphatic carbocycles. The van der Waals surface area contributed by atoms with Crippen molar-refractivity contribution in [2.24, 2.45) is 0 Å². The molecule has 2 aromatic rings. The fraction of sp³-hybridized carbons (Fsp3) is 0.368. The molecule has 0 saturated carbocycles. The number of nitrogens with zero attached hydrogens (tertiary/aromatic N) is 2. The van der Waals surface area contributed by atoms with E-state index >= 15 is 0 Å². The first-order chi connectivity index (χ1) is 12.9. The van der Waals surface area contributed by atoms with Crippen LogP contribution in [0.25, 0.3) is 0 Å². The van der Waals surface area contributed by atoms with E-state index in [1.807, 2.05) is 25.1 Å². The minimum Gasteiger partial charge on any atom is -0.350 e. The van der Waals surface area contributed by atoms with E-state index in [-0.39, 0.29) is 16.3 Å². The monoisotopic (exact) mass is 389 g/mol. The summed E-state index contributed by atoms with van der Waals surface area (Å²) in [4.78, 5) is 11.0. The molecule has 0 amide bonds. The summed E-state index contributed by atoms with van der Waals surface area (Å²) in [6.07, 6.45) is 3.64. The Balaban J connectivity index is 1.94. The number of anilines is 2. The number of rotatable bonds is 5. The molecular weight excluding hydrogens is 366 g/mol. The normalized spacial score (nSPS) is 15.9. The summed E-state index contributed by atoms with van der Waals surface area (Å²) in [5.41, 5.74) is 1.73. The molecule has 27 heavy (non-hydrogen) atoms. The van der Waals surface area contributed by atoms with Crippen molar-refractivity contribution in [2.45, 2.75) is 37.5 Å². The molecule has 1 heterocycles. The Hall–Kier alpha value is -2.45. The maximum Gasteiger partial charge on any atom is 0.294 e. The third kappa shape index (κ3) is 4.45. The quantitative estimate of drug-likeness (QED) is 0.611. The van der Waals surface area contributed by atoms with E-state index in [2.05, 4.69) is 5.32 Å². The Labute approximate surface area is 159 Å². The van der Waals surface area contributed by atoms with Crippen molar-refractivity contribution in [1.82, 2.24) is 4.31 Å². The summed E-state index contributed by atoms with van der Waals surface area (Å²) < 4.78 is 27.3. The Bertz CT molecular complexity index is 936. The topological polar surface area (TPSA) is 92.6 Å². The first kappa shape index (κ1) is 19.3. The molecular formula is C19H23N3O4S. The second-order valence-corrected chi connectivity index (χ2v) is 8.69. The number of hydrogen-bond donors (Lipinski definition) is 1. The molecule has 0 unspecified atom stereocenters. The van der Waals surface area contributed by atoms with Gasteiger partial charge in [-0.1, -0.05) is 25.0 Å². The highest BCUT2D eigenvalue weighted by molar-refractivity contribution is 7.89. The molecule has 7 nitrogen and oxygen atoms in total. The lowest BCUT2D eigenvalue weighted by Crippen LogP contribution is -2.32. The van der Waals surface area contributed by atoms with Crippen LogP contribution in [-0.4, -0.2) is 30.7 Å². The van der Waals surface area contributed by atoms with Gasteiger partial charge in [-0.25, -0.2) is 8.42 Å². The predicted molar refractivity (Wildman–Crippen MR) is 105 cm³/mol. The highest BCUT2D eigenvalue weighted by atomic mass is 32.2. The van der Waals surface area contributed by atoms with Gasteiger partial charge in [-0.05, 0) is 49.6 Å². The minimum atomic E-state index is -3.74. The summed E-state index contributed by atoms with van der Waals surface area (Å²) in [5, 5.41) is 14.6.